The number of amides is 3. The normalized spacial score (nSPS) is 11.1. The summed E-state index contributed by atoms with van der Waals surface area (Å²) in [6, 6.07) is 17.5. The van der Waals surface area contributed by atoms with E-state index in [4.69, 9.17) is 9.84 Å². The Labute approximate surface area is 186 Å². The largest absolute Gasteiger partial charge is 0.481 e. The summed E-state index contributed by atoms with van der Waals surface area (Å²) in [5.41, 5.74) is 1.68. The standard InChI is InChI=1S/C23H27N3O6/c27-20(11-12-21(28)29)24-13-14-25-22(30)19(15-17-7-3-1-4-8-17)26-23(31)32-16-18-9-5-2-6-10-18/h1-10,19H,11-16H2,(H,24,27)(H,25,30)(H,26,31)(H,28,29). The Morgan fingerprint density at radius 3 is 2.03 bits per heavy atom. The summed E-state index contributed by atoms with van der Waals surface area (Å²) in [5.74, 6) is -1.89. The number of benzene rings is 2. The Morgan fingerprint density at radius 2 is 1.41 bits per heavy atom. The molecular formula is C23H27N3O6. The zero-order valence-electron chi connectivity index (χ0n) is 17.6. The van der Waals surface area contributed by atoms with Gasteiger partial charge in [-0.2, -0.15) is 0 Å². The van der Waals surface area contributed by atoms with Gasteiger partial charge in [-0.15, -0.1) is 0 Å². The molecule has 0 aliphatic rings. The molecular weight excluding hydrogens is 414 g/mol. The molecule has 9 nitrogen and oxygen atoms in total. The Kier molecular flexibility index (Phi) is 10.2. The first-order valence-electron chi connectivity index (χ1n) is 10.2. The van der Waals surface area contributed by atoms with Crippen LogP contribution in [0.25, 0.3) is 0 Å². The van der Waals surface area contributed by atoms with Crippen LogP contribution in [0.1, 0.15) is 24.0 Å². The van der Waals surface area contributed by atoms with Crippen molar-refractivity contribution in [1.29, 1.82) is 0 Å². The lowest BCUT2D eigenvalue weighted by Crippen LogP contribution is -2.49. The van der Waals surface area contributed by atoms with Gasteiger partial charge in [0, 0.05) is 25.9 Å². The van der Waals surface area contributed by atoms with E-state index < -0.39 is 29.9 Å². The second-order valence-electron chi connectivity index (χ2n) is 6.98. The quantitative estimate of drug-likeness (QED) is 0.370. The van der Waals surface area contributed by atoms with Crippen molar-refractivity contribution in [3.05, 3.63) is 71.8 Å². The lowest BCUT2D eigenvalue weighted by atomic mass is 10.1. The second kappa shape index (κ2) is 13.4. The van der Waals surface area contributed by atoms with Crippen LogP contribution in [-0.2, 0) is 32.1 Å². The number of carboxylic acid groups (broad SMARTS) is 1. The highest BCUT2D eigenvalue weighted by Gasteiger charge is 2.22. The highest BCUT2D eigenvalue weighted by atomic mass is 16.5. The maximum Gasteiger partial charge on any atom is 0.408 e. The molecule has 9 heteroatoms. The molecule has 3 amide bonds. The van der Waals surface area contributed by atoms with Gasteiger partial charge in [0.2, 0.25) is 11.8 Å². The molecule has 0 aliphatic heterocycles. The van der Waals surface area contributed by atoms with E-state index in [2.05, 4.69) is 16.0 Å². The maximum atomic E-state index is 12.6. The SMILES string of the molecule is O=C(O)CCC(=O)NCCNC(=O)C(Cc1ccccc1)NC(=O)OCc1ccccc1. The predicted octanol–water partition coefficient (Wildman–Crippen LogP) is 1.62. The first-order chi connectivity index (χ1) is 15.4. The van der Waals surface area contributed by atoms with Crippen molar-refractivity contribution >= 4 is 23.9 Å². The minimum atomic E-state index is -1.05. The molecule has 0 saturated carbocycles. The smallest absolute Gasteiger partial charge is 0.408 e. The summed E-state index contributed by atoms with van der Waals surface area (Å²) >= 11 is 0. The molecule has 170 valence electrons. The average Bonchev–Trinajstić information content (AvgIpc) is 2.80. The van der Waals surface area contributed by atoms with E-state index in [1.165, 1.54) is 0 Å². The van der Waals surface area contributed by atoms with Crippen LogP contribution in [0.5, 0.6) is 0 Å². The third-order valence-corrected chi connectivity index (χ3v) is 4.42. The van der Waals surface area contributed by atoms with Crippen LogP contribution in [0.15, 0.2) is 60.7 Å². The van der Waals surface area contributed by atoms with Crippen LogP contribution in [0, 0.1) is 0 Å². The number of carboxylic acids is 1. The molecule has 2 rings (SSSR count). The van der Waals surface area contributed by atoms with Crippen LogP contribution < -0.4 is 16.0 Å². The molecule has 0 heterocycles. The van der Waals surface area contributed by atoms with Crippen molar-refractivity contribution in [2.75, 3.05) is 13.1 Å². The van der Waals surface area contributed by atoms with E-state index in [1.54, 1.807) is 0 Å². The Morgan fingerprint density at radius 1 is 0.812 bits per heavy atom. The number of alkyl carbamates (subject to hydrolysis) is 1. The number of aliphatic carboxylic acids is 1. The van der Waals surface area contributed by atoms with Gasteiger partial charge in [0.1, 0.15) is 12.6 Å². The summed E-state index contributed by atoms with van der Waals surface area (Å²) in [4.78, 5) is 46.9. The fourth-order valence-corrected chi connectivity index (χ4v) is 2.79. The van der Waals surface area contributed by atoms with Gasteiger partial charge in [-0.05, 0) is 11.1 Å². The Bertz CT molecular complexity index is 889. The number of hydrogen-bond donors (Lipinski definition) is 4. The van der Waals surface area contributed by atoms with Crippen LogP contribution in [-0.4, -0.2) is 48.1 Å². The molecule has 1 atom stereocenters. The average molecular weight is 441 g/mol. The van der Waals surface area contributed by atoms with Gasteiger partial charge >= 0.3 is 12.1 Å². The van der Waals surface area contributed by atoms with E-state index in [9.17, 15) is 19.2 Å². The van der Waals surface area contributed by atoms with E-state index in [0.29, 0.717) is 0 Å². The van der Waals surface area contributed by atoms with Gasteiger partial charge in [-0.25, -0.2) is 4.79 Å². The summed E-state index contributed by atoms with van der Waals surface area (Å²) in [7, 11) is 0. The van der Waals surface area contributed by atoms with Crippen LogP contribution >= 0.6 is 0 Å². The number of rotatable bonds is 12. The number of hydrogen-bond acceptors (Lipinski definition) is 5. The number of carbonyl (C=O) groups excluding carboxylic acids is 3. The van der Waals surface area contributed by atoms with Crippen molar-refractivity contribution in [1.82, 2.24) is 16.0 Å². The van der Waals surface area contributed by atoms with Crippen molar-refractivity contribution < 1.29 is 29.0 Å². The molecule has 0 fully saturated rings. The van der Waals surface area contributed by atoms with E-state index in [0.717, 1.165) is 11.1 Å². The summed E-state index contributed by atoms with van der Waals surface area (Å²) in [5, 5.41) is 16.4. The van der Waals surface area contributed by atoms with Gasteiger partial charge in [0.15, 0.2) is 0 Å². The fourth-order valence-electron chi connectivity index (χ4n) is 2.79. The minimum absolute atomic E-state index is 0.0781. The van der Waals surface area contributed by atoms with Crippen LogP contribution in [0.3, 0.4) is 0 Å². The lowest BCUT2D eigenvalue weighted by molar-refractivity contribution is -0.138. The minimum Gasteiger partial charge on any atom is -0.481 e. The zero-order chi connectivity index (χ0) is 23.2. The highest BCUT2D eigenvalue weighted by Crippen LogP contribution is 2.05. The molecule has 0 aliphatic carbocycles. The Hall–Kier alpha value is -3.88. The van der Waals surface area contributed by atoms with E-state index in [1.807, 2.05) is 60.7 Å². The van der Waals surface area contributed by atoms with Crippen LogP contribution in [0.2, 0.25) is 0 Å². The summed E-state index contributed by atoms with van der Waals surface area (Å²) in [6.45, 7) is 0.346. The van der Waals surface area contributed by atoms with Crippen molar-refractivity contribution in [3.8, 4) is 0 Å². The number of carbonyl (C=O) groups is 4. The van der Waals surface area contributed by atoms with Gasteiger partial charge in [-0.3, -0.25) is 14.4 Å². The highest BCUT2D eigenvalue weighted by molar-refractivity contribution is 5.86. The first kappa shape index (κ1) is 24.4. The topological polar surface area (TPSA) is 134 Å². The third kappa shape index (κ3) is 9.75. The van der Waals surface area contributed by atoms with E-state index >= 15 is 0 Å². The number of ether oxygens (including phenoxy) is 1. The molecule has 0 saturated heterocycles. The molecule has 0 bridgehead atoms. The van der Waals surface area contributed by atoms with Gasteiger partial charge in [0.05, 0.1) is 6.42 Å². The van der Waals surface area contributed by atoms with Crippen LogP contribution in [0.4, 0.5) is 4.79 Å². The number of nitrogens with one attached hydrogen (secondary N) is 3. The summed E-state index contributed by atoms with van der Waals surface area (Å²) < 4.78 is 5.21. The van der Waals surface area contributed by atoms with Gasteiger partial charge in [-0.1, -0.05) is 60.7 Å². The molecule has 32 heavy (non-hydrogen) atoms. The zero-order valence-corrected chi connectivity index (χ0v) is 17.6. The molecule has 0 spiro atoms. The molecule has 0 radical (unpaired) electrons. The van der Waals surface area contributed by atoms with Crippen molar-refractivity contribution in [3.63, 3.8) is 0 Å². The Balaban J connectivity index is 1.85. The fraction of sp³-hybridized carbons (Fsp3) is 0.304. The molecule has 1 unspecified atom stereocenters. The summed E-state index contributed by atoms with van der Waals surface area (Å²) in [6.07, 6.45) is -0.842. The monoisotopic (exact) mass is 441 g/mol. The van der Waals surface area contributed by atoms with Gasteiger partial charge < -0.3 is 25.8 Å². The van der Waals surface area contributed by atoms with Crippen molar-refractivity contribution in [2.24, 2.45) is 0 Å². The van der Waals surface area contributed by atoms with E-state index in [-0.39, 0.29) is 39.0 Å². The third-order valence-electron chi connectivity index (χ3n) is 4.42. The molecule has 4 N–H and O–H groups in total. The van der Waals surface area contributed by atoms with Crippen molar-refractivity contribution in [2.45, 2.75) is 31.9 Å². The molecule has 0 aromatic heterocycles. The van der Waals surface area contributed by atoms with Gasteiger partial charge in [0.25, 0.3) is 0 Å². The second-order valence-corrected chi connectivity index (χ2v) is 6.98. The maximum absolute atomic E-state index is 12.6. The lowest BCUT2D eigenvalue weighted by Gasteiger charge is -2.19. The first-order valence-corrected chi connectivity index (χ1v) is 10.2. The molecule has 2 aromatic rings. The molecule has 2 aromatic carbocycles. The predicted molar refractivity (Wildman–Crippen MR) is 117 cm³/mol.